The first-order valence-electron chi connectivity index (χ1n) is 8.18. The molecule has 0 heterocycles. The number of ether oxygens (including phenoxy) is 1. The molecule has 0 unspecified atom stereocenters. The van der Waals surface area contributed by atoms with Crippen LogP contribution in [-0.2, 0) is 24.2 Å². The SMILES string of the molecule is CCCCCc1ccc(CCOCc2ccccc2)cc1F. The second kappa shape index (κ2) is 9.37. The zero-order valence-corrected chi connectivity index (χ0v) is 13.4. The molecular formula is C20H25FO. The molecule has 1 nitrogen and oxygen atoms in total. The third-order valence-electron chi connectivity index (χ3n) is 3.81. The molecule has 2 aromatic rings. The average molecular weight is 300 g/mol. The third-order valence-corrected chi connectivity index (χ3v) is 3.81. The van der Waals surface area contributed by atoms with E-state index in [0.29, 0.717) is 13.2 Å². The molecule has 0 aromatic heterocycles. The highest BCUT2D eigenvalue weighted by molar-refractivity contribution is 5.24. The van der Waals surface area contributed by atoms with Crippen molar-refractivity contribution in [2.45, 2.75) is 45.6 Å². The van der Waals surface area contributed by atoms with Crippen molar-refractivity contribution in [1.29, 1.82) is 0 Å². The van der Waals surface area contributed by atoms with E-state index in [-0.39, 0.29) is 5.82 Å². The highest BCUT2D eigenvalue weighted by Crippen LogP contribution is 2.14. The minimum Gasteiger partial charge on any atom is -0.376 e. The number of benzene rings is 2. The fourth-order valence-corrected chi connectivity index (χ4v) is 2.47. The summed E-state index contributed by atoms with van der Waals surface area (Å²) in [7, 11) is 0. The van der Waals surface area contributed by atoms with Crippen LogP contribution in [0, 0.1) is 5.82 Å². The lowest BCUT2D eigenvalue weighted by Gasteiger charge is -2.07. The Morgan fingerprint density at radius 3 is 2.45 bits per heavy atom. The summed E-state index contributed by atoms with van der Waals surface area (Å²) in [6.07, 6.45) is 4.98. The number of rotatable bonds is 9. The summed E-state index contributed by atoms with van der Waals surface area (Å²) in [6.45, 7) is 3.39. The molecule has 0 saturated heterocycles. The Bertz CT molecular complexity index is 551. The lowest BCUT2D eigenvalue weighted by molar-refractivity contribution is 0.124. The van der Waals surface area contributed by atoms with E-state index in [1.807, 2.05) is 42.5 Å². The van der Waals surface area contributed by atoms with Crippen LogP contribution < -0.4 is 0 Å². The molecule has 0 aliphatic carbocycles. The highest BCUT2D eigenvalue weighted by atomic mass is 19.1. The summed E-state index contributed by atoms with van der Waals surface area (Å²) in [6, 6.07) is 15.7. The van der Waals surface area contributed by atoms with E-state index < -0.39 is 0 Å². The topological polar surface area (TPSA) is 9.23 Å². The van der Waals surface area contributed by atoms with Gasteiger partial charge in [-0.1, -0.05) is 62.2 Å². The molecule has 0 amide bonds. The maximum absolute atomic E-state index is 14.0. The fraction of sp³-hybridized carbons (Fsp3) is 0.400. The maximum atomic E-state index is 14.0. The van der Waals surface area contributed by atoms with Crippen LogP contribution >= 0.6 is 0 Å². The van der Waals surface area contributed by atoms with Crippen molar-refractivity contribution >= 4 is 0 Å². The van der Waals surface area contributed by atoms with E-state index in [0.717, 1.165) is 36.8 Å². The van der Waals surface area contributed by atoms with Gasteiger partial charge in [0.2, 0.25) is 0 Å². The first kappa shape index (κ1) is 16.7. The quantitative estimate of drug-likeness (QED) is 0.570. The van der Waals surface area contributed by atoms with Crippen molar-refractivity contribution in [3.63, 3.8) is 0 Å². The minimum atomic E-state index is -0.0725. The molecule has 2 aromatic carbocycles. The monoisotopic (exact) mass is 300 g/mol. The van der Waals surface area contributed by atoms with Gasteiger partial charge in [0.15, 0.2) is 0 Å². The van der Waals surface area contributed by atoms with Gasteiger partial charge in [0, 0.05) is 0 Å². The predicted octanol–water partition coefficient (Wildman–Crippen LogP) is 5.32. The predicted molar refractivity (Wildman–Crippen MR) is 89.4 cm³/mol. The molecule has 0 N–H and O–H groups in total. The molecule has 118 valence electrons. The van der Waals surface area contributed by atoms with E-state index in [1.54, 1.807) is 6.07 Å². The number of unbranched alkanes of at least 4 members (excludes halogenated alkanes) is 2. The molecule has 0 radical (unpaired) electrons. The molecule has 0 atom stereocenters. The Hall–Kier alpha value is -1.67. The van der Waals surface area contributed by atoms with Crippen LogP contribution in [0.1, 0.15) is 42.9 Å². The Kier molecular flexibility index (Phi) is 7.11. The van der Waals surface area contributed by atoms with Crippen LogP contribution in [0.15, 0.2) is 48.5 Å². The van der Waals surface area contributed by atoms with Crippen LogP contribution in [0.25, 0.3) is 0 Å². The van der Waals surface area contributed by atoms with Crippen molar-refractivity contribution in [2.24, 2.45) is 0 Å². The molecule has 2 rings (SSSR count). The number of aryl methyl sites for hydroxylation is 1. The fourth-order valence-electron chi connectivity index (χ4n) is 2.47. The largest absolute Gasteiger partial charge is 0.376 e. The van der Waals surface area contributed by atoms with Gasteiger partial charge < -0.3 is 4.74 Å². The van der Waals surface area contributed by atoms with Gasteiger partial charge in [0.25, 0.3) is 0 Å². The number of hydrogen-bond acceptors (Lipinski definition) is 1. The van der Waals surface area contributed by atoms with Crippen molar-refractivity contribution in [2.75, 3.05) is 6.61 Å². The third kappa shape index (κ3) is 5.61. The second-order valence-corrected chi connectivity index (χ2v) is 5.67. The van der Waals surface area contributed by atoms with Crippen LogP contribution in [0.2, 0.25) is 0 Å². The molecule has 0 bridgehead atoms. The van der Waals surface area contributed by atoms with Gasteiger partial charge in [-0.05, 0) is 42.0 Å². The molecular weight excluding hydrogens is 275 g/mol. The van der Waals surface area contributed by atoms with E-state index in [4.69, 9.17) is 4.74 Å². The van der Waals surface area contributed by atoms with Crippen molar-refractivity contribution < 1.29 is 9.13 Å². The van der Waals surface area contributed by atoms with Gasteiger partial charge in [-0.25, -0.2) is 4.39 Å². The standard InChI is InChI=1S/C20H25FO/c1-2-3-5-10-19-12-11-17(15-20(19)21)13-14-22-16-18-8-6-4-7-9-18/h4,6-9,11-12,15H,2-3,5,10,13-14,16H2,1H3. The summed E-state index contributed by atoms with van der Waals surface area (Å²) in [5.74, 6) is -0.0725. The van der Waals surface area contributed by atoms with Crippen molar-refractivity contribution in [1.82, 2.24) is 0 Å². The van der Waals surface area contributed by atoms with Crippen LogP contribution in [-0.4, -0.2) is 6.61 Å². The van der Waals surface area contributed by atoms with Crippen LogP contribution in [0.3, 0.4) is 0 Å². The van der Waals surface area contributed by atoms with Gasteiger partial charge in [0.1, 0.15) is 5.82 Å². The highest BCUT2D eigenvalue weighted by Gasteiger charge is 2.04. The minimum absolute atomic E-state index is 0.0725. The lowest BCUT2D eigenvalue weighted by Crippen LogP contribution is -2.00. The van der Waals surface area contributed by atoms with Crippen LogP contribution in [0.4, 0.5) is 4.39 Å². The summed E-state index contributed by atoms with van der Waals surface area (Å²) >= 11 is 0. The molecule has 0 aliphatic heterocycles. The number of hydrogen-bond donors (Lipinski definition) is 0. The van der Waals surface area contributed by atoms with E-state index in [2.05, 4.69) is 6.92 Å². The Labute approximate surface area is 133 Å². The zero-order chi connectivity index (χ0) is 15.6. The number of halogens is 1. The van der Waals surface area contributed by atoms with E-state index in [1.165, 1.54) is 12.0 Å². The molecule has 2 heteroatoms. The van der Waals surface area contributed by atoms with Gasteiger partial charge in [-0.3, -0.25) is 0 Å². The van der Waals surface area contributed by atoms with E-state index >= 15 is 0 Å². The molecule has 0 fully saturated rings. The van der Waals surface area contributed by atoms with E-state index in [9.17, 15) is 4.39 Å². The van der Waals surface area contributed by atoms with Gasteiger partial charge in [-0.15, -0.1) is 0 Å². The smallest absolute Gasteiger partial charge is 0.126 e. The summed E-state index contributed by atoms with van der Waals surface area (Å²) in [5.41, 5.74) is 3.01. The van der Waals surface area contributed by atoms with Crippen molar-refractivity contribution in [3.05, 3.63) is 71.0 Å². The summed E-state index contributed by atoms with van der Waals surface area (Å²) < 4.78 is 19.7. The van der Waals surface area contributed by atoms with Gasteiger partial charge in [0.05, 0.1) is 13.2 Å². The van der Waals surface area contributed by atoms with Gasteiger partial charge in [-0.2, -0.15) is 0 Å². The Morgan fingerprint density at radius 1 is 0.909 bits per heavy atom. The average Bonchev–Trinajstić information content (AvgIpc) is 2.55. The van der Waals surface area contributed by atoms with Crippen molar-refractivity contribution in [3.8, 4) is 0 Å². The van der Waals surface area contributed by atoms with Gasteiger partial charge >= 0.3 is 0 Å². The zero-order valence-electron chi connectivity index (χ0n) is 13.4. The normalized spacial score (nSPS) is 10.8. The molecule has 0 spiro atoms. The Morgan fingerprint density at radius 2 is 1.73 bits per heavy atom. The second-order valence-electron chi connectivity index (χ2n) is 5.67. The summed E-state index contributed by atoms with van der Waals surface area (Å²) in [4.78, 5) is 0. The molecule has 0 saturated carbocycles. The molecule has 0 aliphatic rings. The first-order valence-corrected chi connectivity index (χ1v) is 8.18. The maximum Gasteiger partial charge on any atom is 0.126 e. The summed E-state index contributed by atoms with van der Waals surface area (Å²) in [5, 5.41) is 0. The molecule has 22 heavy (non-hydrogen) atoms. The first-order chi connectivity index (χ1) is 10.8. The van der Waals surface area contributed by atoms with Crippen LogP contribution in [0.5, 0.6) is 0 Å². The Balaban J connectivity index is 1.75. The lowest BCUT2D eigenvalue weighted by atomic mass is 10.0.